The zero-order chi connectivity index (χ0) is 16.3. The van der Waals surface area contributed by atoms with Crippen molar-refractivity contribution in [2.45, 2.75) is 62.3 Å². The molecular weight excluding hydrogens is 375 g/mol. The Morgan fingerprint density at radius 1 is 0.810 bits per heavy atom. The first kappa shape index (κ1) is 22.8. The number of unbranched alkanes of at least 4 members (excludes halogenated alkanes) is 2. The van der Waals surface area contributed by atoms with Gasteiger partial charge in [0.15, 0.2) is 0 Å². The summed E-state index contributed by atoms with van der Waals surface area (Å²) in [6, 6.07) is 0. The van der Waals surface area contributed by atoms with Gasteiger partial charge in [0.1, 0.15) is 0 Å². The van der Waals surface area contributed by atoms with Gasteiger partial charge in [0, 0.05) is 12.2 Å². The molecule has 0 aromatic heterocycles. The molecule has 0 rings (SSSR count). The van der Waals surface area contributed by atoms with Crippen LogP contribution in [0.1, 0.15) is 53.4 Å². The number of carbonyl (C=O) groups excluding carboxylic acids is 2. The normalized spacial score (nSPS) is 9.90. The Bertz CT molecular complexity index is 251. The van der Waals surface area contributed by atoms with Gasteiger partial charge < -0.3 is 9.47 Å². The monoisotopic (exact) mass is 406 g/mol. The summed E-state index contributed by atoms with van der Waals surface area (Å²) in [5.74, 6) is -1.07. The summed E-state index contributed by atoms with van der Waals surface area (Å²) in [6.07, 6.45) is 7.93. The molecular formula is C16H30O4Sn. The van der Waals surface area contributed by atoms with Crippen molar-refractivity contribution in [3.63, 3.8) is 0 Å². The Balaban J connectivity index is 0. The minimum atomic E-state index is -0.537. The molecule has 4 nitrogen and oxygen atoms in total. The van der Waals surface area contributed by atoms with Crippen LogP contribution in [0.25, 0.3) is 0 Å². The van der Waals surface area contributed by atoms with Gasteiger partial charge in [0.25, 0.3) is 0 Å². The fourth-order valence-electron chi connectivity index (χ4n) is 1.25. The number of ether oxygens (including phenoxy) is 2. The quantitative estimate of drug-likeness (QED) is 0.240. The molecule has 0 N–H and O–H groups in total. The summed E-state index contributed by atoms with van der Waals surface area (Å²) in [5.41, 5.74) is 0. The molecule has 0 aliphatic carbocycles. The third-order valence-electron chi connectivity index (χ3n) is 2.34. The second-order valence-electron chi connectivity index (χ2n) is 4.29. The molecule has 0 saturated heterocycles. The molecule has 5 heteroatoms. The number of hydrogen-bond donors (Lipinski definition) is 0. The van der Waals surface area contributed by atoms with Crippen LogP contribution in [0.5, 0.6) is 0 Å². The van der Waals surface area contributed by atoms with Crippen LogP contribution in [-0.2, 0) is 19.1 Å². The van der Waals surface area contributed by atoms with Crippen LogP contribution in [-0.4, -0.2) is 46.3 Å². The van der Waals surface area contributed by atoms with E-state index in [1.54, 1.807) is 22.7 Å². The summed E-state index contributed by atoms with van der Waals surface area (Å²) >= 11 is 0.149. The number of carbonyl (C=O) groups is 2. The van der Waals surface area contributed by atoms with Crippen molar-refractivity contribution in [2.75, 3.05) is 13.2 Å². The Labute approximate surface area is 139 Å². The molecule has 122 valence electrons. The van der Waals surface area contributed by atoms with Gasteiger partial charge in [0.05, 0.1) is 13.2 Å². The zero-order valence-electron chi connectivity index (χ0n) is 13.9. The molecule has 0 fully saturated rings. The minimum absolute atomic E-state index is 0.149. The maximum absolute atomic E-state index is 10.6. The van der Waals surface area contributed by atoms with E-state index in [-0.39, 0.29) is 21.1 Å². The van der Waals surface area contributed by atoms with Gasteiger partial charge in [-0.25, -0.2) is 9.59 Å². The van der Waals surface area contributed by atoms with E-state index < -0.39 is 11.9 Å². The second kappa shape index (κ2) is 19.5. The molecule has 2 radical (unpaired) electrons. The largest absolute Gasteiger partial charge is 0.463 e. The van der Waals surface area contributed by atoms with Crippen molar-refractivity contribution in [3.8, 4) is 0 Å². The van der Waals surface area contributed by atoms with Crippen LogP contribution in [0.4, 0.5) is 0 Å². The average molecular weight is 405 g/mol. The maximum Gasteiger partial charge on any atom is 0.330 e. The van der Waals surface area contributed by atoms with Crippen molar-refractivity contribution >= 4 is 33.1 Å². The maximum atomic E-state index is 10.6. The van der Waals surface area contributed by atoms with E-state index in [1.165, 1.54) is 25.7 Å². The van der Waals surface area contributed by atoms with Crippen molar-refractivity contribution < 1.29 is 19.1 Å². The second-order valence-corrected chi connectivity index (χ2v) is 8.58. The molecule has 0 aromatic rings. The standard InChI is InChI=1S/C8H12O4.2C4H9.Sn/c1-3-11-7(9)5-6-8(10)12-4-2;2*1-3-4-2;/h5-6H,3-4H2,1-2H3;2*1,3-4H2,2H3;. The first-order chi connectivity index (χ1) is 10.1. The molecule has 0 heterocycles. The van der Waals surface area contributed by atoms with Gasteiger partial charge in [-0.1, -0.05) is 0 Å². The van der Waals surface area contributed by atoms with Crippen molar-refractivity contribution in [1.82, 2.24) is 0 Å². The number of esters is 2. The van der Waals surface area contributed by atoms with Gasteiger partial charge in [0.2, 0.25) is 0 Å². The summed E-state index contributed by atoms with van der Waals surface area (Å²) in [7, 11) is 0. The van der Waals surface area contributed by atoms with E-state index in [2.05, 4.69) is 23.3 Å². The molecule has 0 aromatic carbocycles. The van der Waals surface area contributed by atoms with Crippen molar-refractivity contribution in [3.05, 3.63) is 12.2 Å². The molecule has 0 saturated carbocycles. The first-order valence-electron chi connectivity index (χ1n) is 7.84. The molecule has 0 aliphatic heterocycles. The predicted octanol–water partition coefficient (Wildman–Crippen LogP) is 3.80. The van der Waals surface area contributed by atoms with Crippen LogP contribution in [0, 0.1) is 0 Å². The molecule has 0 atom stereocenters. The summed E-state index contributed by atoms with van der Waals surface area (Å²) in [4.78, 5) is 21.3. The van der Waals surface area contributed by atoms with Gasteiger partial charge in [-0.2, -0.15) is 0 Å². The molecule has 21 heavy (non-hydrogen) atoms. The Morgan fingerprint density at radius 2 is 1.19 bits per heavy atom. The van der Waals surface area contributed by atoms with Gasteiger partial charge in [-0.05, 0) is 13.8 Å². The Kier molecular flexibility index (Phi) is 21.1. The van der Waals surface area contributed by atoms with Crippen LogP contribution in [0.3, 0.4) is 0 Å². The smallest absolute Gasteiger partial charge is 0.330 e. The fourth-order valence-corrected chi connectivity index (χ4v) is 5.40. The van der Waals surface area contributed by atoms with Crippen LogP contribution in [0.2, 0.25) is 8.87 Å². The fraction of sp³-hybridized carbons (Fsp3) is 0.750. The summed E-state index contributed by atoms with van der Waals surface area (Å²) in [6.45, 7) is 8.56. The van der Waals surface area contributed by atoms with Gasteiger partial charge in [-0.15, -0.1) is 0 Å². The minimum Gasteiger partial charge on any atom is -0.463 e. The van der Waals surface area contributed by atoms with Crippen LogP contribution < -0.4 is 0 Å². The van der Waals surface area contributed by atoms with Gasteiger partial charge in [-0.3, -0.25) is 0 Å². The van der Waals surface area contributed by atoms with E-state index in [0.717, 1.165) is 12.2 Å². The SMILES string of the molecule is CCC[CH2][Sn][CH2]CCC.CCOC(=O)C=CC(=O)OCC. The van der Waals surface area contributed by atoms with Gasteiger partial charge >= 0.3 is 81.5 Å². The average Bonchev–Trinajstić information content (AvgIpc) is 2.46. The molecule has 0 spiro atoms. The molecule has 0 bridgehead atoms. The summed E-state index contributed by atoms with van der Waals surface area (Å²) in [5, 5.41) is 0. The molecule has 0 unspecified atom stereocenters. The van der Waals surface area contributed by atoms with Crippen molar-refractivity contribution in [2.24, 2.45) is 0 Å². The van der Waals surface area contributed by atoms with Crippen molar-refractivity contribution in [1.29, 1.82) is 0 Å². The van der Waals surface area contributed by atoms with E-state index in [4.69, 9.17) is 0 Å². The number of rotatable bonds is 10. The third-order valence-corrected chi connectivity index (χ3v) is 6.38. The van der Waals surface area contributed by atoms with E-state index in [1.807, 2.05) is 0 Å². The Morgan fingerprint density at radius 3 is 1.48 bits per heavy atom. The predicted molar refractivity (Wildman–Crippen MR) is 87.6 cm³/mol. The first-order valence-corrected chi connectivity index (χ1v) is 11.9. The van der Waals surface area contributed by atoms with Crippen LogP contribution in [0.15, 0.2) is 12.2 Å². The summed E-state index contributed by atoms with van der Waals surface area (Å²) < 4.78 is 12.3. The molecule has 0 amide bonds. The molecule has 0 aliphatic rings. The van der Waals surface area contributed by atoms with E-state index >= 15 is 0 Å². The van der Waals surface area contributed by atoms with Crippen LogP contribution >= 0.6 is 0 Å². The number of hydrogen-bond acceptors (Lipinski definition) is 4. The third kappa shape index (κ3) is 21.9. The Hall–Kier alpha value is -0.521. The zero-order valence-corrected chi connectivity index (χ0v) is 16.8. The van der Waals surface area contributed by atoms with E-state index in [9.17, 15) is 9.59 Å². The van der Waals surface area contributed by atoms with E-state index in [0.29, 0.717) is 13.2 Å². The topological polar surface area (TPSA) is 52.6 Å².